The minimum atomic E-state index is -1.91. The van der Waals surface area contributed by atoms with E-state index in [1.807, 2.05) is 0 Å². The number of aliphatic hydroxyl groups is 2. The van der Waals surface area contributed by atoms with E-state index in [2.05, 4.69) is 49.8 Å². The summed E-state index contributed by atoms with van der Waals surface area (Å²) in [6.45, 7) is 2.53. The van der Waals surface area contributed by atoms with E-state index < -0.39 is 151 Å². The highest BCUT2D eigenvalue weighted by atomic mass is 32.1. The number of nitrogens with one attached hydrogen (secondary N) is 7. The largest absolute Gasteiger partial charge is 0.481 e. The van der Waals surface area contributed by atoms with Gasteiger partial charge in [-0.3, -0.25) is 47.9 Å². The summed E-state index contributed by atoms with van der Waals surface area (Å²) in [6, 6.07) is -3.70. The zero-order chi connectivity index (χ0) is 49.8. The maximum Gasteiger partial charge on any atom is 0.327 e. The molecular weight excluding hydrogens is 893 g/mol. The number of hydrogen-bond acceptors (Lipinski definition) is 15. The van der Waals surface area contributed by atoms with Crippen molar-refractivity contribution in [3.8, 4) is 0 Å². The number of nitrogens with two attached hydrogens (primary N) is 2. The van der Waals surface area contributed by atoms with Crippen LogP contribution in [0, 0.1) is 5.92 Å². The highest BCUT2D eigenvalue weighted by Crippen LogP contribution is 2.22. The second-order valence-electron chi connectivity index (χ2n) is 15.6. The molecule has 66 heavy (non-hydrogen) atoms. The molecule has 26 heteroatoms. The van der Waals surface area contributed by atoms with Crippen LogP contribution in [-0.2, 0) is 59.2 Å². The van der Waals surface area contributed by atoms with Gasteiger partial charge in [0.2, 0.25) is 53.2 Å². The standard InChI is InChI=1S/C40H60N10O15S/c1-4-19(2)31(39(63)50-12-8-11-27(50)37(61)47-26(18-66)40(64)65)48-36(60)25(17-51)46-34(58)24(15-30(55)56)44-29(54)16-43-38(62)32(20(3)52)49-35(59)23(13-21-9-6-5-7-10-21)45-33(57)22(41)14-28(42)53/h5-7,9-10,19-20,22-27,31-32,51-52,66H,4,8,11-18,41H2,1-3H3,(H2,42,53)(H,43,62)(H,44,54)(H,45,57)(H,46,58)(H,47,61)(H,48,60)(H,49,59)(H,55,56)(H,64,65)/t19-,20+,22-,23-,24-,25-,26-,27-,31-,32-/m0/s1. The van der Waals surface area contributed by atoms with Gasteiger partial charge in [0.25, 0.3) is 0 Å². The van der Waals surface area contributed by atoms with E-state index >= 15 is 0 Å². The van der Waals surface area contributed by atoms with E-state index in [4.69, 9.17) is 11.5 Å². The molecular formula is C40H60N10O15S. The number of nitrogens with zero attached hydrogens (tertiary/aromatic N) is 1. The molecule has 1 saturated heterocycles. The SMILES string of the molecule is CC[C@H](C)[C@H](NC(=O)[C@H](CO)NC(=O)[C@H](CC(=O)O)NC(=O)CNC(=O)[C@@H](NC(=O)[C@H](Cc1ccccc1)NC(=O)[C@@H](N)CC(N)=O)[C@@H](C)O)C(=O)N1CCC[C@H]1C(=O)N[C@@H](CS)C(=O)O. The van der Waals surface area contributed by atoms with Gasteiger partial charge in [-0.25, -0.2) is 4.79 Å². The molecule has 1 aliphatic rings. The molecule has 1 aliphatic heterocycles. The topological polar surface area (TPSA) is 408 Å². The number of primary amides is 1. The van der Waals surface area contributed by atoms with E-state index in [-0.39, 0.29) is 25.1 Å². The van der Waals surface area contributed by atoms with E-state index in [9.17, 15) is 73.2 Å². The van der Waals surface area contributed by atoms with E-state index in [0.29, 0.717) is 18.4 Å². The maximum absolute atomic E-state index is 13.8. The average molecular weight is 953 g/mol. The fourth-order valence-electron chi connectivity index (χ4n) is 6.55. The van der Waals surface area contributed by atoms with Crippen LogP contribution in [0.1, 0.15) is 58.4 Å². The molecule has 1 aromatic rings. The van der Waals surface area contributed by atoms with Gasteiger partial charge in [0.15, 0.2) is 0 Å². The lowest BCUT2D eigenvalue weighted by Crippen LogP contribution is -2.61. The Morgan fingerprint density at radius 1 is 0.773 bits per heavy atom. The lowest BCUT2D eigenvalue weighted by atomic mass is 9.97. The third-order valence-corrected chi connectivity index (χ3v) is 10.8. The maximum atomic E-state index is 13.8. The molecule has 0 spiro atoms. The zero-order valence-electron chi connectivity index (χ0n) is 36.6. The highest BCUT2D eigenvalue weighted by molar-refractivity contribution is 7.80. The van der Waals surface area contributed by atoms with Crippen molar-refractivity contribution in [2.75, 3.05) is 25.4 Å². The molecule has 0 radical (unpaired) electrons. The lowest BCUT2D eigenvalue weighted by Gasteiger charge is -2.32. The van der Waals surface area contributed by atoms with Crippen LogP contribution in [0.15, 0.2) is 30.3 Å². The molecule has 1 heterocycles. The molecule has 9 amide bonds. The summed E-state index contributed by atoms with van der Waals surface area (Å²) in [7, 11) is 0. The number of hydrogen-bond donors (Lipinski definition) is 14. The summed E-state index contributed by atoms with van der Waals surface area (Å²) in [4.78, 5) is 142. The van der Waals surface area contributed by atoms with Gasteiger partial charge in [0, 0.05) is 18.7 Å². The summed E-state index contributed by atoms with van der Waals surface area (Å²) < 4.78 is 0. The summed E-state index contributed by atoms with van der Waals surface area (Å²) in [5.74, 6) is -12.6. The lowest BCUT2D eigenvalue weighted by molar-refractivity contribution is -0.145. The van der Waals surface area contributed by atoms with Crippen LogP contribution in [0.4, 0.5) is 0 Å². The average Bonchev–Trinajstić information content (AvgIpc) is 3.76. The molecule has 0 unspecified atom stereocenters. The van der Waals surface area contributed by atoms with Crippen molar-refractivity contribution >= 4 is 77.7 Å². The van der Waals surface area contributed by atoms with Crippen molar-refractivity contribution in [1.29, 1.82) is 0 Å². The van der Waals surface area contributed by atoms with Crippen LogP contribution in [0.2, 0.25) is 0 Å². The molecule has 1 aromatic carbocycles. The number of carboxylic acids is 2. The predicted molar refractivity (Wildman–Crippen MR) is 233 cm³/mol. The molecule has 0 aromatic heterocycles. The zero-order valence-corrected chi connectivity index (χ0v) is 37.5. The molecule has 0 aliphatic carbocycles. The van der Waals surface area contributed by atoms with Gasteiger partial charge in [-0.2, -0.15) is 12.6 Å². The van der Waals surface area contributed by atoms with Crippen LogP contribution >= 0.6 is 12.6 Å². The Bertz CT molecular complexity index is 1930. The Hall–Kier alpha value is -6.38. The number of likely N-dealkylation sites (tertiary alicyclic amines) is 1. The van der Waals surface area contributed by atoms with E-state index in [1.165, 1.54) is 4.90 Å². The van der Waals surface area contributed by atoms with E-state index in [0.717, 1.165) is 6.92 Å². The van der Waals surface area contributed by atoms with Gasteiger partial charge < -0.3 is 74.0 Å². The summed E-state index contributed by atoms with van der Waals surface area (Å²) >= 11 is 3.94. The van der Waals surface area contributed by atoms with Gasteiger partial charge in [0.1, 0.15) is 42.3 Å². The minimum Gasteiger partial charge on any atom is -0.481 e. The summed E-state index contributed by atoms with van der Waals surface area (Å²) in [6.07, 6.45) is -2.43. The fourth-order valence-corrected chi connectivity index (χ4v) is 6.80. The number of carbonyl (C=O) groups excluding carboxylic acids is 9. The third-order valence-electron chi connectivity index (χ3n) is 10.4. The quantitative estimate of drug-likeness (QED) is 0.0366. The Kier molecular flexibility index (Phi) is 23.0. The molecule has 366 valence electrons. The number of rotatable bonds is 27. The van der Waals surface area contributed by atoms with Gasteiger partial charge >= 0.3 is 11.9 Å². The van der Waals surface area contributed by atoms with Crippen LogP contribution in [0.25, 0.3) is 0 Å². The first kappa shape index (κ1) is 55.8. The number of aliphatic hydroxyl groups excluding tert-OH is 2. The van der Waals surface area contributed by atoms with Crippen molar-refractivity contribution in [1.82, 2.24) is 42.1 Å². The second-order valence-corrected chi connectivity index (χ2v) is 15.9. The van der Waals surface area contributed by atoms with Gasteiger partial charge in [-0.1, -0.05) is 50.6 Å². The first-order chi connectivity index (χ1) is 31.0. The Labute approximate surface area is 384 Å². The first-order valence-electron chi connectivity index (χ1n) is 20.9. The van der Waals surface area contributed by atoms with Crippen molar-refractivity contribution < 1.29 is 73.2 Å². The van der Waals surface area contributed by atoms with Crippen molar-refractivity contribution in [2.24, 2.45) is 17.4 Å². The predicted octanol–water partition coefficient (Wildman–Crippen LogP) is -5.64. The fraction of sp³-hybridized carbons (Fsp3) is 0.575. The molecule has 10 atom stereocenters. The molecule has 2 rings (SSSR count). The highest BCUT2D eigenvalue weighted by Gasteiger charge is 2.41. The minimum absolute atomic E-state index is 0.0924. The number of carboxylic acid groups (broad SMARTS) is 2. The van der Waals surface area contributed by atoms with Crippen molar-refractivity contribution in [3.63, 3.8) is 0 Å². The Balaban J connectivity index is 2.16. The molecule has 0 bridgehead atoms. The number of aliphatic carboxylic acids is 2. The van der Waals surface area contributed by atoms with E-state index in [1.54, 1.807) is 44.2 Å². The number of benzene rings is 1. The molecule has 1 fully saturated rings. The van der Waals surface area contributed by atoms with Crippen LogP contribution in [0.3, 0.4) is 0 Å². The summed E-state index contributed by atoms with van der Waals surface area (Å²) in [5.41, 5.74) is 11.4. The van der Waals surface area contributed by atoms with Gasteiger partial charge in [-0.05, 0) is 31.2 Å². The number of amides is 9. The second kappa shape index (κ2) is 27.2. The Morgan fingerprint density at radius 3 is 1.91 bits per heavy atom. The monoisotopic (exact) mass is 952 g/mol. The molecule has 0 saturated carbocycles. The first-order valence-corrected chi connectivity index (χ1v) is 21.5. The molecule has 25 nitrogen and oxygen atoms in total. The van der Waals surface area contributed by atoms with Crippen LogP contribution in [0.5, 0.6) is 0 Å². The van der Waals surface area contributed by atoms with Crippen LogP contribution < -0.4 is 48.7 Å². The van der Waals surface area contributed by atoms with Gasteiger partial charge in [-0.15, -0.1) is 0 Å². The Morgan fingerprint density at radius 2 is 1.36 bits per heavy atom. The normalized spacial score (nSPS) is 17.4. The number of carbonyl (C=O) groups is 11. The number of thiol groups is 1. The smallest absolute Gasteiger partial charge is 0.327 e. The van der Waals surface area contributed by atoms with Crippen molar-refractivity contribution in [3.05, 3.63) is 35.9 Å². The molecule has 15 N–H and O–H groups in total. The van der Waals surface area contributed by atoms with Crippen molar-refractivity contribution in [2.45, 2.75) is 114 Å². The van der Waals surface area contributed by atoms with Gasteiger partial charge in [0.05, 0.1) is 38.1 Å². The third kappa shape index (κ3) is 17.5. The van der Waals surface area contributed by atoms with Crippen LogP contribution in [-0.4, -0.2) is 170 Å². The summed E-state index contributed by atoms with van der Waals surface area (Å²) in [5, 5.41) is 55.2.